The van der Waals surface area contributed by atoms with Crippen molar-refractivity contribution in [2.75, 3.05) is 26.7 Å². The molecule has 2 aromatic rings. The second-order valence-corrected chi connectivity index (χ2v) is 5.12. The molecule has 1 aliphatic heterocycles. The lowest BCUT2D eigenvalue weighted by atomic mass is 10.1. The summed E-state index contributed by atoms with van der Waals surface area (Å²) in [4.78, 5) is 6.91. The number of pyridine rings is 1. The fourth-order valence-corrected chi connectivity index (χ4v) is 2.86. The van der Waals surface area contributed by atoms with E-state index in [1.807, 2.05) is 12.3 Å². The molecule has 2 aromatic heterocycles. The van der Waals surface area contributed by atoms with Crippen molar-refractivity contribution in [1.82, 2.24) is 19.8 Å². The maximum Gasteiger partial charge on any atom is 0.139 e. The molecule has 1 N–H and O–H groups in total. The molecule has 0 saturated carbocycles. The van der Waals surface area contributed by atoms with E-state index in [9.17, 15) is 0 Å². The number of rotatable bonds is 1. The lowest BCUT2D eigenvalue weighted by Crippen LogP contribution is -2.29. The SMILES string of the molecule is CN1CCCNCC1c1cn(C)c2ncccc12. The Morgan fingerprint density at radius 3 is 3.17 bits per heavy atom. The molecule has 0 aromatic carbocycles. The number of aryl methyl sites for hydroxylation is 1. The van der Waals surface area contributed by atoms with Gasteiger partial charge in [-0.3, -0.25) is 4.90 Å². The van der Waals surface area contributed by atoms with Gasteiger partial charge in [0, 0.05) is 37.4 Å². The molecule has 4 heteroatoms. The van der Waals surface area contributed by atoms with E-state index in [0.717, 1.165) is 25.3 Å². The standard InChI is InChI=1S/C14H20N4/c1-17-8-4-6-15-9-13(17)12-10-18(2)14-11(12)5-3-7-16-14/h3,5,7,10,13,15H,4,6,8-9H2,1-2H3. The fraction of sp³-hybridized carbons (Fsp3) is 0.500. The molecule has 1 unspecified atom stereocenters. The number of fused-ring (bicyclic) bond motifs is 1. The topological polar surface area (TPSA) is 33.1 Å². The van der Waals surface area contributed by atoms with Crippen LogP contribution >= 0.6 is 0 Å². The van der Waals surface area contributed by atoms with Crippen LogP contribution in [0.4, 0.5) is 0 Å². The number of nitrogens with one attached hydrogen (secondary N) is 1. The molecule has 0 amide bonds. The average Bonchev–Trinajstić information content (AvgIpc) is 2.57. The van der Waals surface area contributed by atoms with Gasteiger partial charge in [-0.05, 0) is 44.3 Å². The van der Waals surface area contributed by atoms with Crippen molar-refractivity contribution in [2.45, 2.75) is 12.5 Å². The smallest absolute Gasteiger partial charge is 0.139 e. The highest BCUT2D eigenvalue weighted by Crippen LogP contribution is 2.28. The first-order valence-corrected chi connectivity index (χ1v) is 6.58. The van der Waals surface area contributed by atoms with Crippen LogP contribution in [0.25, 0.3) is 11.0 Å². The van der Waals surface area contributed by atoms with Gasteiger partial charge in [-0.2, -0.15) is 0 Å². The maximum atomic E-state index is 4.47. The Labute approximate surface area is 108 Å². The molecule has 1 saturated heterocycles. The Balaban J connectivity index is 2.07. The number of likely N-dealkylation sites (N-methyl/N-ethyl adjacent to an activating group) is 1. The number of nitrogens with zero attached hydrogens (tertiary/aromatic N) is 3. The fourth-order valence-electron chi connectivity index (χ4n) is 2.86. The van der Waals surface area contributed by atoms with Gasteiger partial charge < -0.3 is 9.88 Å². The van der Waals surface area contributed by atoms with Crippen LogP contribution in [0.3, 0.4) is 0 Å². The minimum atomic E-state index is 0.445. The third kappa shape index (κ3) is 1.91. The highest BCUT2D eigenvalue weighted by molar-refractivity contribution is 5.80. The molecule has 0 spiro atoms. The van der Waals surface area contributed by atoms with Crippen molar-refractivity contribution in [2.24, 2.45) is 7.05 Å². The Kier molecular flexibility index (Phi) is 3.06. The first-order chi connectivity index (χ1) is 8.77. The van der Waals surface area contributed by atoms with Crippen molar-refractivity contribution in [3.63, 3.8) is 0 Å². The van der Waals surface area contributed by atoms with Crippen LogP contribution in [0.5, 0.6) is 0 Å². The predicted octanol–water partition coefficient (Wildman–Crippen LogP) is 1.54. The molecule has 1 atom stereocenters. The molecule has 0 radical (unpaired) electrons. The monoisotopic (exact) mass is 244 g/mol. The van der Waals surface area contributed by atoms with Gasteiger partial charge in [0.1, 0.15) is 5.65 Å². The van der Waals surface area contributed by atoms with E-state index in [2.05, 4.69) is 46.1 Å². The van der Waals surface area contributed by atoms with Gasteiger partial charge in [0.15, 0.2) is 0 Å². The van der Waals surface area contributed by atoms with E-state index in [0.29, 0.717) is 6.04 Å². The zero-order valence-electron chi connectivity index (χ0n) is 11.1. The van der Waals surface area contributed by atoms with E-state index in [1.165, 1.54) is 17.4 Å². The number of hydrogen-bond donors (Lipinski definition) is 1. The molecular formula is C14H20N4. The largest absolute Gasteiger partial charge is 0.335 e. The molecule has 3 rings (SSSR count). The van der Waals surface area contributed by atoms with Crippen LogP contribution in [0.2, 0.25) is 0 Å². The number of hydrogen-bond acceptors (Lipinski definition) is 3. The minimum Gasteiger partial charge on any atom is -0.335 e. The van der Waals surface area contributed by atoms with Crippen molar-refractivity contribution in [1.29, 1.82) is 0 Å². The van der Waals surface area contributed by atoms with Gasteiger partial charge in [0.25, 0.3) is 0 Å². The zero-order valence-corrected chi connectivity index (χ0v) is 11.1. The predicted molar refractivity (Wildman–Crippen MR) is 73.6 cm³/mol. The molecule has 18 heavy (non-hydrogen) atoms. The molecule has 1 fully saturated rings. The van der Waals surface area contributed by atoms with E-state index < -0.39 is 0 Å². The normalized spacial score (nSPS) is 22.2. The second kappa shape index (κ2) is 4.71. The lowest BCUT2D eigenvalue weighted by molar-refractivity contribution is 0.263. The maximum absolute atomic E-state index is 4.47. The summed E-state index contributed by atoms with van der Waals surface area (Å²) in [5, 5.41) is 4.81. The summed E-state index contributed by atoms with van der Waals surface area (Å²) in [6.45, 7) is 3.28. The highest BCUT2D eigenvalue weighted by Gasteiger charge is 2.22. The minimum absolute atomic E-state index is 0.445. The van der Waals surface area contributed by atoms with Gasteiger partial charge in [-0.15, -0.1) is 0 Å². The van der Waals surface area contributed by atoms with Crippen LogP contribution in [-0.2, 0) is 7.05 Å². The molecule has 1 aliphatic rings. The third-order valence-electron chi connectivity index (χ3n) is 3.86. The Morgan fingerprint density at radius 1 is 1.39 bits per heavy atom. The summed E-state index contributed by atoms with van der Waals surface area (Å²) in [5.74, 6) is 0. The highest BCUT2D eigenvalue weighted by atomic mass is 15.2. The summed E-state index contributed by atoms with van der Waals surface area (Å²) >= 11 is 0. The van der Waals surface area contributed by atoms with Crippen molar-refractivity contribution < 1.29 is 0 Å². The molecule has 3 heterocycles. The molecule has 0 bridgehead atoms. The molecule has 4 nitrogen and oxygen atoms in total. The summed E-state index contributed by atoms with van der Waals surface area (Å²) in [5.41, 5.74) is 2.46. The van der Waals surface area contributed by atoms with Crippen LogP contribution < -0.4 is 5.32 Å². The summed E-state index contributed by atoms with van der Waals surface area (Å²) in [7, 11) is 4.29. The van der Waals surface area contributed by atoms with Crippen LogP contribution in [-0.4, -0.2) is 41.1 Å². The zero-order chi connectivity index (χ0) is 12.5. The van der Waals surface area contributed by atoms with Crippen molar-refractivity contribution in [3.8, 4) is 0 Å². The van der Waals surface area contributed by atoms with E-state index in [1.54, 1.807) is 0 Å². The van der Waals surface area contributed by atoms with Gasteiger partial charge in [-0.1, -0.05) is 0 Å². The van der Waals surface area contributed by atoms with Gasteiger partial charge in [-0.25, -0.2) is 4.98 Å². The van der Waals surface area contributed by atoms with E-state index in [-0.39, 0.29) is 0 Å². The molecular weight excluding hydrogens is 224 g/mol. The van der Waals surface area contributed by atoms with Gasteiger partial charge >= 0.3 is 0 Å². The van der Waals surface area contributed by atoms with Crippen LogP contribution in [0.1, 0.15) is 18.0 Å². The second-order valence-electron chi connectivity index (χ2n) is 5.12. The van der Waals surface area contributed by atoms with Gasteiger partial charge in [0.05, 0.1) is 0 Å². The molecule has 96 valence electrons. The average molecular weight is 244 g/mol. The van der Waals surface area contributed by atoms with E-state index in [4.69, 9.17) is 0 Å². The van der Waals surface area contributed by atoms with Crippen LogP contribution in [0, 0.1) is 0 Å². The third-order valence-corrected chi connectivity index (χ3v) is 3.86. The summed E-state index contributed by atoms with van der Waals surface area (Å²) in [6, 6.07) is 4.65. The lowest BCUT2D eigenvalue weighted by Gasteiger charge is -2.25. The Hall–Kier alpha value is -1.39. The summed E-state index contributed by atoms with van der Waals surface area (Å²) in [6.07, 6.45) is 5.31. The number of aromatic nitrogens is 2. The molecule has 0 aliphatic carbocycles. The van der Waals surface area contributed by atoms with Gasteiger partial charge in [0.2, 0.25) is 0 Å². The van der Waals surface area contributed by atoms with Crippen molar-refractivity contribution in [3.05, 3.63) is 30.1 Å². The van der Waals surface area contributed by atoms with E-state index >= 15 is 0 Å². The van der Waals surface area contributed by atoms with Crippen molar-refractivity contribution >= 4 is 11.0 Å². The summed E-state index contributed by atoms with van der Waals surface area (Å²) < 4.78 is 2.13. The van der Waals surface area contributed by atoms with Crippen LogP contribution in [0.15, 0.2) is 24.5 Å². The first-order valence-electron chi connectivity index (χ1n) is 6.58. The quantitative estimate of drug-likeness (QED) is 0.826. The first kappa shape index (κ1) is 11.7. The Morgan fingerprint density at radius 2 is 2.28 bits per heavy atom. The Bertz CT molecular complexity index is 546.